The summed E-state index contributed by atoms with van der Waals surface area (Å²) >= 11 is 0. The molecule has 7 heteroatoms. The Labute approximate surface area is 166 Å². The van der Waals surface area contributed by atoms with Crippen molar-refractivity contribution in [3.05, 3.63) is 90.0 Å². The van der Waals surface area contributed by atoms with Gasteiger partial charge in [0.25, 0.3) is 0 Å². The van der Waals surface area contributed by atoms with Gasteiger partial charge in [-0.2, -0.15) is 0 Å². The van der Waals surface area contributed by atoms with Crippen LogP contribution in [0.1, 0.15) is 21.7 Å². The van der Waals surface area contributed by atoms with Crippen molar-refractivity contribution in [2.24, 2.45) is 0 Å². The minimum absolute atomic E-state index is 0.145. The van der Waals surface area contributed by atoms with E-state index in [1.807, 2.05) is 41.1 Å². The summed E-state index contributed by atoms with van der Waals surface area (Å²) in [6, 6.07) is 17.6. The van der Waals surface area contributed by atoms with Crippen LogP contribution in [0.3, 0.4) is 0 Å². The van der Waals surface area contributed by atoms with Crippen molar-refractivity contribution < 1.29 is 19.4 Å². The molecule has 2 aromatic heterocycles. The monoisotopic (exact) mass is 387 g/mol. The first kappa shape index (κ1) is 18.4. The molecule has 0 bridgehead atoms. The highest BCUT2D eigenvalue weighted by Crippen LogP contribution is 2.17. The van der Waals surface area contributed by atoms with Crippen LogP contribution in [0.4, 0.5) is 0 Å². The second-order valence-corrected chi connectivity index (χ2v) is 6.41. The van der Waals surface area contributed by atoms with Crippen LogP contribution in [0.5, 0.6) is 5.75 Å². The first-order valence-electron chi connectivity index (χ1n) is 8.95. The van der Waals surface area contributed by atoms with E-state index in [1.165, 1.54) is 0 Å². The predicted octanol–water partition coefficient (Wildman–Crippen LogP) is 3.17. The zero-order valence-electron chi connectivity index (χ0n) is 15.4. The highest BCUT2D eigenvalue weighted by molar-refractivity contribution is 6.08. The average molecular weight is 387 g/mol. The van der Waals surface area contributed by atoms with Gasteiger partial charge in [-0.25, -0.2) is 9.78 Å². The summed E-state index contributed by atoms with van der Waals surface area (Å²) in [5.41, 5.74) is 3.40. The molecule has 0 saturated heterocycles. The molecule has 0 saturated carbocycles. The maximum atomic E-state index is 12.9. The molecule has 4 rings (SSSR count). The third-order valence-corrected chi connectivity index (χ3v) is 4.37. The molecule has 2 aromatic carbocycles. The second kappa shape index (κ2) is 7.93. The van der Waals surface area contributed by atoms with Gasteiger partial charge in [0.1, 0.15) is 5.75 Å². The first-order chi connectivity index (χ1) is 14.1. The summed E-state index contributed by atoms with van der Waals surface area (Å²) in [6.45, 7) is -0.00531. The van der Waals surface area contributed by atoms with Crippen LogP contribution < -0.4 is 4.74 Å². The van der Waals surface area contributed by atoms with Crippen LogP contribution in [0.2, 0.25) is 0 Å². The van der Waals surface area contributed by atoms with Gasteiger partial charge in [-0.3, -0.25) is 9.78 Å². The Morgan fingerprint density at radius 3 is 2.48 bits per heavy atom. The molecule has 1 N–H and O–H groups in total. The number of hydrogen-bond donors (Lipinski definition) is 1. The number of aromatic nitrogens is 3. The molecule has 4 aromatic rings. The van der Waals surface area contributed by atoms with Gasteiger partial charge in [0.15, 0.2) is 6.61 Å². The van der Waals surface area contributed by atoms with E-state index in [9.17, 15) is 9.59 Å². The molecule has 144 valence electrons. The van der Waals surface area contributed by atoms with Crippen LogP contribution in [0.15, 0.2) is 73.1 Å². The number of carboxylic acids is 1. The summed E-state index contributed by atoms with van der Waals surface area (Å²) in [6.07, 6.45) is 3.54. The van der Waals surface area contributed by atoms with Crippen molar-refractivity contribution in [2.45, 2.75) is 6.54 Å². The highest BCUT2D eigenvalue weighted by atomic mass is 16.5. The number of benzene rings is 2. The molecule has 0 spiro atoms. The van der Waals surface area contributed by atoms with E-state index in [2.05, 4.69) is 9.97 Å². The molecule has 0 aliphatic carbocycles. The second-order valence-electron chi connectivity index (χ2n) is 6.41. The summed E-state index contributed by atoms with van der Waals surface area (Å²) < 4.78 is 6.93. The summed E-state index contributed by atoms with van der Waals surface area (Å²) in [7, 11) is 0. The Hall–Kier alpha value is -4.00. The number of carbonyl (C=O) groups excluding carboxylic acids is 1. The minimum Gasteiger partial charge on any atom is -0.482 e. The van der Waals surface area contributed by atoms with Crippen molar-refractivity contribution in [3.63, 3.8) is 0 Å². The van der Waals surface area contributed by atoms with E-state index < -0.39 is 12.6 Å². The zero-order chi connectivity index (χ0) is 20.2. The lowest BCUT2D eigenvalue weighted by atomic mass is 10.1. The van der Waals surface area contributed by atoms with Crippen LogP contribution in [-0.2, 0) is 11.3 Å². The molecule has 0 fully saturated rings. The number of fused-ring (bicyclic) bond motifs is 1. The van der Waals surface area contributed by atoms with Crippen molar-refractivity contribution in [2.75, 3.05) is 6.61 Å². The topological polar surface area (TPSA) is 94.3 Å². The molecule has 0 amide bonds. The number of carboxylic acid groups (broad SMARTS) is 1. The molecule has 7 nitrogen and oxygen atoms in total. The Bertz CT molecular complexity index is 1180. The number of ketones is 1. The van der Waals surface area contributed by atoms with E-state index in [-0.39, 0.29) is 5.78 Å². The Morgan fingerprint density at radius 1 is 0.966 bits per heavy atom. The number of aliphatic carboxylic acids is 1. The van der Waals surface area contributed by atoms with Crippen molar-refractivity contribution in [1.82, 2.24) is 14.5 Å². The number of rotatable bonds is 7. The standard InChI is InChI=1S/C22H17N3O4/c26-21(27)14-29-17-9-7-15(8-10-17)22(28)20-6-3-11-25(20)13-16-12-23-18-4-1-2-5-19(18)24-16/h1-12H,13-14H2,(H,26,27). The molecule has 0 radical (unpaired) electrons. The zero-order valence-corrected chi connectivity index (χ0v) is 15.4. The number of nitrogens with zero attached hydrogens (tertiary/aromatic N) is 3. The maximum Gasteiger partial charge on any atom is 0.341 e. The molecule has 2 heterocycles. The van der Waals surface area contributed by atoms with Gasteiger partial charge >= 0.3 is 5.97 Å². The van der Waals surface area contributed by atoms with Crippen molar-refractivity contribution >= 4 is 22.8 Å². The predicted molar refractivity (Wildman–Crippen MR) is 106 cm³/mol. The molecular formula is C22H17N3O4. The third-order valence-electron chi connectivity index (χ3n) is 4.37. The Kier molecular flexibility index (Phi) is 5.03. The fourth-order valence-electron chi connectivity index (χ4n) is 3.00. The summed E-state index contributed by atoms with van der Waals surface area (Å²) in [5, 5.41) is 8.66. The minimum atomic E-state index is -1.06. The van der Waals surface area contributed by atoms with Gasteiger partial charge in [-0.05, 0) is 48.5 Å². The van der Waals surface area contributed by atoms with Crippen molar-refractivity contribution in [3.8, 4) is 5.75 Å². The molecule has 0 aliphatic rings. The number of hydrogen-bond acceptors (Lipinski definition) is 5. The molecule has 0 unspecified atom stereocenters. The molecule has 29 heavy (non-hydrogen) atoms. The summed E-state index contributed by atoms with van der Waals surface area (Å²) in [5.74, 6) is -0.806. The lowest BCUT2D eigenvalue weighted by Gasteiger charge is -2.09. The van der Waals surface area contributed by atoms with Gasteiger partial charge in [0, 0.05) is 11.8 Å². The highest BCUT2D eigenvalue weighted by Gasteiger charge is 2.14. The quantitative estimate of drug-likeness (QED) is 0.490. The molecular weight excluding hydrogens is 370 g/mol. The van der Waals surface area contributed by atoms with Gasteiger partial charge in [-0.1, -0.05) is 12.1 Å². The van der Waals surface area contributed by atoms with E-state index in [1.54, 1.807) is 36.5 Å². The first-order valence-corrected chi connectivity index (χ1v) is 8.95. The smallest absolute Gasteiger partial charge is 0.341 e. The van der Waals surface area contributed by atoms with Crippen molar-refractivity contribution in [1.29, 1.82) is 0 Å². The normalized spacial score (nSPS) is 10.8. The van der Waals surface area contributed by atoms with E-state index >= 15 is 0 Å². The maximum absolute atomic E-state index is 12.9. The van der Waals surface area contributed by atoms with Gasteiger partial charge in [0.05, 0.1) is 35.2 Å². The van der Waals surface area contributed by atoms with Gasteiger partial charge in [-0.15, -0.1) is 0 Å². The lowest BCUT2D eigenvalue weighted by Crippen LogP contribution is -2.12. The average Bonchev–Trinajstić information content (AvgIpc) is 3.20. The Morgan fingerprint density at radius 2 is 1.72 bits per heavy atom. The van der Waals surface area contributed by atoms with Crippen LogP contribution in [-0.4, -0.2) is 38.0 Å². The number of ether oxygens (including phenoxy) is 1. The largest absolute Gasteiger partial charge is 0.482 e. The fraction of sp³-hybridized carbons (Fsp3) is 0.0909. The SMILES string of the molecule is O=C(O)COc1ccc(C(=O)c2cccn2Cc2cnc3ccccc3n2)cc1. The molecule has 0 aliphatic heterocycles. The van der Waals surface area contributed by atoms with Gasteiger partial charge in [0.2, 0.25) is 5.78 Å². The number of para-hydroxylation sites is 2. The van der Waals surface area contributed by atoms with E-state index in [0.717, 1.165) is 16.7 Å². The molecule has 0 atom stereocenters. The Balaban J connectivity index is 1.53. The van der Waals surface area contributed by atoms with Gasteiger partial charge < -0.3 is 14.4 Å². The van der Waals surface area contributed by atoms with Crippen LogP contribution in [0.25, 0.3) is 11.0 Å². The third kappa shape index (κ3) is 4.14. The fourth-order valence-corrected chi connectivity index (χ4v) is 3.00. The number of carbonyl (C=O) groups is 2. The lowest BCUT2D eigenvalue weighted by molar-refractivity contribution is -0.139. The van der Waals surface area contributed by atoms with Crippen LogP contribution >= 0.6 is 0 Å². The van der Waals surface area contributed by atoms with E-state index in [0.29, 0.717) is 23.6 Å². The van der Waals surface area contributed by atoms with Crippen LogP contribution in [0, 0.1) is 0 Å². The summed E-state index contributed by atoms with van der Waals surface area (Å²) in [4.78, 5) is 32.5. The van der Waals surface area contributed by atoms with E-state index in [4.69, 9.17) is 9.84 Å².